The molecule has 6 nitrogen and oxygen atoms in total. The lowest BCUT2D eigenvalue weighted by atomic mass is 9.93. The fourth-order valence-electron chi connectivity index (χ4n) is 3.61. The van der Waals surface area contributed by atoms with Crippen LogP contribution < -0.4 is 10.6 Å². The third-order valence-electron chi connectivity index (χ3n) is 5.21. The first-order chi connectivity index (χ1) is 11.5. The van der Waals surface area contributed by atoms with Gasteiger partial charge in [0, 0.05) is 58.8 Å². The molecule has 1 aliphatic heterocycles. The highest BCUT2D eigenvalue weighted by Crippen LogP contribution is 2.28. The van der Waals surface area contributed by atoms with Crippen LogP contribution in [-0.4, -0.2) is 74.0 Å². The first kappa shape index (κ1) is 19.0. The number of carbonyl (C=O) groups is 1. The van der Waals surface area contributed by atoms with Crippen LogP contribution in [0.3, 0.4) is 0 Å². The number of rotatable bonds is 7. The molecule has 0 atom stereocenters. The molecule has 1 saturated heterocycles. The Morgan fingerprint density at radius 3 is 2.42 bits per heavy atom. The molecule has 0 radical (unpaired) electrons. The first-order valence-corrected chi connectivity index (χ1v) is 9.47. The minimum atomic E-state index is 0.157. The van der Waals surface area contributed by atoms with Crippen molar-refractivity contribution in [3.05, 3.63) is 0 Å². The molecule has 0 aromatic rings. The summed E-state index contributed by atoms with van der Waals surface area (Å²) in [5.41, 5.74) is 0. The van der Waals surface area contributed by atoms with Gasteiger partial charge in [-0.1, -0.05) is 0 Å². The SMILES string of the molecule is CN=C(NCCN(C(C)C)C1CC1)N1CCC(CC(=O)NC)CC1. The quantitative estimate of drug-likeness (QED) is 0.543. The van der Waals surface area contributed by atoms with Crippen molar-refractivity contribution in [3.8, 4) is 0 Å². The van der Waals surface area contributed by atoms with Gasteiger partial charge in [0.25, 0.3) is 0 Å². The van der Waals surface area contributed by atoms with Gasteiger partial charge in [0.15, 0.2) is 5.96 Å². The van der Waals surface area contributed by atoms with Crippen molar-refractivity contribution in [1.29, 1.82) is 0 Å². The summed E-state index contributed by atoms with van der Waals surface area (Å²) in [6, 6.07) is 1.41. The molecule has 0 bridgehead atoms. The molecular formula is C18H35N5O. The minimum absolute atomic E-state index is 0.157. The number of guanidine groups is 1. The molecule has 1 saturated carbocycles. The van der Waals surface area contributed by atoms with Crippen LogP contribution >= 0.6 is 0 Å². The number of amides is 1. The van der Waals surface area contributed by atoms with E-state index < -0.39 is 0 Å². The molecule has 1 heterocycles. The zero-order chi connectivity index (χ0) is 17.5. The molecule has 2 rings (SSSR count). The van der Waals surface area contributed by atoms with E-state index in [9.17, 15) is 4.79 Å². The molecule has 24 heavy (non-hydrogen) atoms. The van der Waals surface area contributed by atoms with Crippen molar-refractivity contribution in [2.24, 2.45) is 10.9 Å². The standard InChI is InChI=1S/C18H35N5O/c1-14(2)23(16-5-6-16)12-9-21-18(20-4)22-10-7-15(8-11-22)13-17(24)19-3/h14-16H,5-13H2,1-4H3,(H,19,24)(H,20,21). The number of hydrogen-bond acceptors (Lipinski definition) is 3. The lowest BCUT2D eigenvalue weighted by Crippen LogP contribution is -2.48. The van der Waals surface area contributed by atoms with E-state index >= 15 is 0 Å². The molecule has 138 valence electrons. The molecule has 1 aliphatic carbocycles. The first-order valence-electron chi connectivity index (χ1n) is 9.47. The van der Waals surface area contributed by atoms with E-state index in [1.54, 1.807) is 7.05 Å². The van der Waals surface area contributed by atoms with Crippen LogP contribution in [0.15, 0.2) is 4.99 Å². The average molecular weight is 338 g/mol. The van der Waals surface area contributed by atoms with E-state index in [2.05, 4.69) is 39.3 Å². The second-order valence-corrected chi connectivity index (χ2v) is 7.34. The molecule has 6 heteroatoms. The van der Waals surface area contributed by atoms with Crippen molar-refractivity contribution >= 4 is 11.9 Å². The lowest BCUT2D eigenvalue weighted by molar-refractivity contribution is -0.121. The zero-order valence-electron chi connectivity index (χ0n) is 15.8. The highest BCUT2D eigenvalue weighted by atomic mass is 16.1. The van der Waals surface area contributed by atoms with Crippen LogP contribution in [0.4, 0.5) is 0 Å². The van der Waals surface area contributed by atoms with E-state index in [-0.39, 0.29) is 5.91 Å². The van der Waals surface area contributed by atoms with Gasteiger partial charge >= 0.3 is 0 Å². The van der Waals surface area contributed by atoms with Crippen LogP contribution in [0.1, 0.15) is 46.0 Å². The smallest absolute Gasteiger partial charge is 0.220 e. The van der Waals surface area contributed by atoms with Gasteiger partial charge in [-0.25, -0.2) is 0 Å². The lowest BCUT2D eigenvalue weighted by Gasteiger charge is -2.34. The monoisotopic (exact) mass is 337 g/mol. The number of carbonyl (C=O) groups excluding carboxylic acids is 1. The van der Waals surface area contributed by atoms with Gasteiger partial charge in [-0.15, -0.1) is 0 Å². The number of likely N-dealkylation sites (tertiary alicyclic amines) is 1. The summed E-state index contributed by atoms with van der Waals surface area (Å²) in [4.78, 5) is 20.9. The number of nitrogens with zero attached hydrogens (tertiary/aromatic N) is 3. The van der Waals surface area contributed by atoms with Crippen molar-refractivity contribution in [3.63, 3.8) is 0 Å². The van der Waals surface area contributed by atoms with Gasteiger partial charge in [-0.2, -0.15) is 0 Å². The van der Waals surface area contributed by atoms with Crippen LogP contribution in [0.25, 0.3) is 0 Å². The Hall–Kier alpha value is -1.30. The van der Waals surface area contributed by atoms with Crippen molar-refractivity contribution in [1.82, 2.24) is 20.4 Å². The maximum atomic E-state index is 11.5. The topological polar surface area (TPSA) is 60.0 Å². The zero-order valence-corrected chi connectivity index (χ0v) is 15.8. The van der Waals surface area contributed by atoms with E-state index in [0.29, 0.717) is 18.4 Å². The summed E-state index contributed by atoms with van der Waals surface area (Å²) < 4.78 is 0. The molecule has 2 aliphatic rings. The molecule has 2 N–H and O–H groups in total. The van der Waals surface area contributed by atoms with Gasteiger partial charge in [0.2, 0.25) is 5.91 Å². The fourth-order valence-corrected chi connectivity index (χ4v) is 3.61. The van der Waals surface area contributed by atoms with E-state index in [1.807, 2.05) is 7.05 Å². The highest BCUT2D eigenvalue weighted by molar-refractivity contribution is 5.80. The van der Waals surface area contributed by atoms with Gasteiger partial charge in [0.05, 0.1) is 0 Å². The summed E-state index contributed by atoms with van der Waals surface area (Å²) >= 11 is 0. The Morgan fingerprint density at radius 2 is 1.92 bits per heavy atom. The van der Waals surface area contributed by atoms with Crippen LogP contribution in [0.2, 0.25) is 0 Å². The van der Waals surface area contributed by atoms with Crippen molar-refractivity contribution in [2.75, 3.05) is 40.3 Å². The second-order valence-electron chi connectivity index (χ2n) is 7.34. The largest absolute Gasteiger partial charge is 0.359 e. The molecular weight excluding hydrogens is 302 g/mol. The van der Waals surface area contributed by atoms with Gasteiger partial charge in [0.1, 0.15) is 0 Å². The number of piperidine rings is 1. The number of hydrogen-bond donors (Lipinski definition) is 2. The van der Waals surface area contributed by atoms with Gasteiger partial charge in [-0.3, -0.25) is 14.7 Å². The van der Waals surface area contributed by atoms with Crippen molar-refractivity contribution in [2.45, 2.75) is 58.0 Å². The van der Waals surface area contributed by atoms with E-state index in [1.165, 1.54) is 12.8 Å². The Morgan fingerprint density at radius 1 is 1.25 bits per heavy atom. The molecule has 0 unspecified atom stereocenters. The summed E-state index contributed by atoms with van der Waals surface area (Å²) in [5, 5.41) is 6.25. The molecule has 2 fully saturated rings. The van der Waals surface area contributed by atoms with Crippen LogP contribution in [-0.2, 0) is 4.79 Å². The predicted octanol–water partition coefficient (Wildman–Crippen LogP) is 1.28. The van der Waals surface area contributed by atoms with E-state index in [0.717, 1.165) is 51.0 Å². The summed E-state index contributed by atoms with van der Waals surface area (Å²) in [6.45, 7) is 8.55. The fraction of sp³-hybridized carbons (Fsp3) is 0.889. The molecule has 1 amide bonds. The average Bonchev–Trinajstić information content (AvgIpc) is 3.40. The van der Waals surface area contributed by atoms with Gasteiger partial charge in [-0.05, 0) is 45.4 Å². The normalized spacial score (nSPS) is 19.9. The Balaban J connectivity index is 1.71. The Kier molecular flexibility index (Phi) is 7.34. The Bertz CT molecular complexity index is 423. The predicted molar refractivity (Wildman–Crippen MR) is 99.2 cm³/mol. The third-order valence-corrected chi connectivity index (χ3v) is 5.21. The summed E-state index contributed by atoms with van der Waals surface area (Å²) in [6.07, 6.45) is 5.49. The molecule has 0 aromatic carbocycles. The molecule has 0 spiro atoms. The van der Waals surface area contributed by atoms with Crippen molar-refractivity contribution < 1.29 is 4.79 Å². The Labute approximate surface area is 147 Å². The number of aliphatic imine (C=N–C) groups is 1. The minimum Gasteiger partial charge on any atom is -0.359 e. The number of nitrogens with one attached hydrogen (secondary N) is 2. The van der Waals surface area contributed by atoms with Gasteiger partial charge < -0.3 is 15.5 Å². The van der Waals surface area contributed by atoms with Crippen LogP contribution in [0.5, 0.6) is 0 Å². The maximum absolute atomic E-state index is 11.5. The second kappa shape index (κ2) is 9.25. The van der Waals surface area contributed by atoms with Crippen LogP contribution in [0, 0.1) is 5.92 Å². The summed E-state index contributed by atoms with van der Waals surface area (Å²) in [5.74, 6) is 1.67. The highest BCUT2D eigenvalue weighted by Gasteiger charge is 2.30. The molecule has 0 aromatic heterocycles. The van der Waals surface area contributed by atoms with E-state index in [4.69, 9.17) is 0 Å². The maximum Gasteiger partial charge on any atom is 0.220 e. The third kappa shape index (κ3) is 5.65. The summed E-state index contributed by atoms with van der Waals surface area (Å²) in [7, 11) is 3.57.